The normalized spacial score (nSPS) is 29.8. The molecule has 3 rings (SSSR count). The van der Waals surface area contributed by atoms with Crippen molar-refractivity contribution in [2.75, 3.05) is 13.2 Å². The first kappa shape index (κ1) is 12.5. The average molecular weight is 264 g/mol. The molecule has 2 atom stereocenters. The number of hydrogen-bond donors (Lipinski definition) is 2. The summed E-state index contributed by atoms with van der Waals surface area (Å²) in [6, 6.07) is 0.0684. The van der Waals surface area contributed by atoms with Crippen LogP contribution >= 0.6 is 0 Å². The van der Waals surface area contributed by atoms with Crippen LogP contribution in [0, 0.1) is 0 Å². The van der Waals surface area contributed by atoms with E-state index in [2.05, 4.69) is 20.2 Å². The predicted molar refractivity (Wildman–Crippen MR) is 69.8 cm³/mol. The van der Waals surface area contributed by atoms with Crippen molar-refractivity contribution in [1.29, 1.82) is 0 Å². The van der Waals surface area contributed by atoms with Crippen molar-refractivity contribution in [3.63, 3.8) is 0 Å². The number of imidazole rings is 1. The second kappa shape index (κ2) is 4.85. The number of aromatic nitrogens is 2. The van der Waals surface area contributed by atoms with Gasteiger partial charge in [0.05, 0.1) is 12.1 Å². The molecule has 19 heavy (non-hydrogen) atoms. The first-order valence-corrected chi connectivity index (χ1v) is 6.81. The quantitative estimate of drug-likeness (QED) is 0.825. The summed E-state index contributed by atoms with van der Waals surface area (Å²) in [4.78, 5) is 16.3. The molecule has 2 aliphatic heterocycles. The molecule has 2 amide bonds. The summed E-state index contributed by atoms with van der Waals surface area (Å²) >= 11 is 0. The van der Waals surface area contributed by atoms with E-state index in [0.717, 1.165) is 38.2 Å². The standard InChI is InChI=1S/C13H20N4O2/c1-13(3-7-19-9-13)16-12(18)15-10-2-5-17-6-4-14-11(17)8-10/h4,6,10H,2-3,5,7-9H2,1H3,(H2,15,16,18). The zero-order valence-corrected chi connectivity index (χ0v) is 11.2. The Balaban J connectivity index is 1.53. The third-order valence-corrected chi connectivity index (χ3v) is 3.92. The minimum Gasteiger partial charge on any atom is -0.379 e. The maximum absolute atomic E-state index is 12.0. The molecule has 104 valence electrons. The maximum atomic E-state index is 12.0. The van der Waals surface area contributed by atoms with Crippen LogP contribution < -0.4 is 10.6 Å². The van der Waals surface area contributed by atoms with E-state index in [9.17, 15) is 4.79 Å². The third kappa shape index (κ3) is 2.73. The van der Waals surface area contributed by atoms with Gasteiger partial charge < -0.3 is 19.9 Å². The Hall–Kier alpha value is -1.56. The molecule has 2 N–H and O–H groups in total. The number of carbonyl (C=O) groups is 1. The number of aryl methyl sites for hydroxylation is 1. The summed E-state index contributed by atoms with van der Waals surface area (Å²) in [5, 5.41) is 6.06. The zero-order valence-electron chi connectivity index (χ0n) is 11.2. The van der Waals surface area contributed by atoms with E-state index in [1.807, 2.05) is 19.3 Å². The summed E-state index contributed by atoms with van der Waals surface area (Å²) in [7, 11) is 0. The van der Waals surface area contributed by atoms with Crippen LogP contribution in [-0.4, -0.2) is 40.4 Å². The number of fused-ring (bicyclic) bond motifs is 1. The molecular weight excluding hydrogens is 244 g/mol. The number of amides is 2. The summed E-state index contributed by atoms with van der Waals surface area (Å²) < 4.78 is 7.47. The van der Waals surface area contributed by atoms with Crippen LogP contribution in [0.1, 0.15) is 25.6 Å². The van der Waals surface area contributed by atoms with Crippen LogP contribution in [0.4, 0.5) is 4.79 Å². The van der Waals surface area contributed by atoms with Gasteiger partial charge in [-0.15, -0.1) is 0 Å². The Bertz CT molecular complexity index is 465. The van der Waals surface area contributed by atoms with Gasteiger partial charge in [0.1, 0.15) is 5.82 Å². The highest BCUT2D eigenvalue weighted by molar-refractivity contribution is 5.75. The lowest BCUT2D eigenvalue weighted by Crippen LogP contribution is -2.53. The number of hydrogen-bond acceptors (Lipinski definition) is 3. The topological polar surface area (TPSA) is 68.2 Å². The number of urea groups is 1. The highest BCUT2D eigenvalue weighted by atomic mass is 16.5. The summed E-state index contributed by atoms with van der Waals surface area (Å²) in [5.74, 6) is 1.05. The molecule has 0 spiro atoms. The van der Waals surface area contributed by atoms with E-state index in [-0.39, 0.29) is 17.6 Å². The van der Waals surface area contributed by atoms with Crippen molar-refractivity contribution in [2.45, 2.75) is 44.3 Å². The molecule has 1 aromatic heterocycles. The van der Waals surface area contributed by atoms with Crippen LogP contribution in [0.3, 0.4) is 0 Å². The number of rotatable bonds is 2. The molecule has 2 unspecified atom stereocenters. The monoisotopic (exact) mass is 264 g/mol. The van der Waals surface area contributed by atoms with Crippen molar-refractivity contribution in [2.24, 2.45) is 0 Å². The molecule has 6 heteroatoms. The van der Waals surface area contributed by atoms with Gasteiger partial charge in [0, 0.05) is 38.0 Å². The van der Waals surface area contributed by atoms with Gasteiger partial charge in [-0.3, -0.25) is 0 Å². The molecule has 3 heterocycles. The van der Waals surface area contributed by atoms with Crippen molar-refractivity contribution < 1.29 is 9.53 Å². The van der Waals surface area contributed by atoms with Gasteiger partial charge in [-0.05, 0) is 19.8 Å². The first-order chi connectivity index (χ1) is 9.15. The molecule has 6 nitrogen and oxygen atoms in total. The lowest BCUT2D eigenvalue weighted by atomic mass is 10.0. The Morgan fingerprint density at radius 1 is 1.63 bits per heavy atom. The van der Waals surface area contributed by atoms with Gasteiger partial charge in [0.15, 0.2) is 0 Å². The molecule has 0 aliphatic carbocycles. The molecule has 0 radical (unpaired) electrons. The van der Waals surface area contributed by atoms with Crippen molar-refractivity contribution in [1.82, 2.24) is 20.2 Å². The molecule has 1 aromatic rings. The third-order valence-electron chi connectivity index (χ3n) is 3.92. The second-order valence-corrected chi connectivity index (χ2v) is 5.69. The van der Waals surface area contributed by atoms with E-state index in [1.165, 1.54) is 0 Å². The fraction of sp³-hybridized carbons (Fsp3) is 0.692. The zero-order chi connectivity index (χ0) is 13.3. The SMILES string of the molecule is CC1(NC(=O)NC2CCn3ccnc3C2)CCOC1. The Morgan fingerprint density at radius 3 is 3.32 bits per heavy atom. The summed E-state index contributed by atoms with van der Waals surface area (Å²) in [6.07, 6.45) is 6.42. The van der Waals surface area contributed by atoms with Crippen molar-refractivity contribution in [3.8, 4) is 0 Å². The fourth-order valence-corrected chi connectivity index (χ4v) is 2.74. The number of nitrogens with zero attached hydrogens (tertiary/aromatic N) is 2. The molecule has 0 aromatic carbocycles. The summed E-state index contributed by atoms with van der Waals surface area (Å²) in [5.41, 5.74) is -0.225. The average Bonchev–Trinajstić information content (AvgIpc) is 2.97. The Kier molecular flexibility index (Phi) is 3.18. The van der Waals surface area contributed by atoms with Gasteiger partial charge in [-0.1, -0.05) is 0 Å². The van der Waals surface area contributed by atoms with E-state index >= 15 is 0 Å². The predicted octanol–water partition coefficient (Wildman–Crippen LogP) is 0.676. The maximum Gasteiger partial charge on any atom is 0.315 e. The Morgan fingerprint density at radius 2 is 2.53 bits per heavy atom. The van der Waals surface area contributed by atoms with Crippen LogP contribution in [0.15, 0.2) is 12.4 Å². The molecule has 0 bridgehead atoms. The first-order valence-electron chi connectivity index (χ1n) is 6.81. The van der Waals surface area contributed by atoms with E-state index in [0.29, 0.717) is 6.61 Å². The molecule has 2 aliphatic rings. The van der Waals surface area contributed by atoms with Gasteiger partial charge in [0.2, 0.25) is 0 Å². The van der Waals surface area contributed by atoms with E-state index < -0.39 is 0 Å². The van der Waals surface area contributed by atoms with Crippen LogP contribution in [0.5, 0.6) is 0 Å². The van der Waals surface area contributed by atoms with Crippen LogP contribution in [0.2, 0.25) is 0 Å². The summed E-state index contributed by atoms with van der Waals surface area (Å²) in [6.45, 7) is 4.25. The van der Waals surface area contributed by atoms with Gasteiger partial charge >= 0.3 is 6.03 Å². The Labute approximate surface area is 112 Å². The van der Waals surface area contributed by atoms with E-state index in [1.54, 1.807) is 0 Å². The minimum absolute atomic E-state index is 0.0991. The lowest BCUT2D eigenvalue weighted by molar-refractivity contribution is 0.169. The second-order valence-electron chi connectivity index (χ2n) is 5.69. The molecule has 1 saturated heterocycles. The van der Waals surface area contributed by atoms with Gasteiger partial charge in [-0.2, -0.15) is 0 Å². The lowest BCUT2D eigenvalue weighted by Gasteiger charge is -2.28. The highest BCUT2D eigenvalue weighted by Gasteiger charge is 2.32. The molecule has 0 saturated carbocycles. The highest BCUT2D eigenvalue weighted by Crippen LogP contribution is 2.18. The van der Waals surface area contributed by atoms with Gasteiger partial charge in [-0.25, -0.2) is 9.78 Å². The molecular formula is C13H20N4O2. The fourth-order valence-electron chi connectivity index (χ4n) is 2.74. The van der Waals surface area contributed by atoms with Crippen LogP contribution in [0.25, 0.3) is 0 Å². The smallest absolute Gasteiger partial charge is 0.315 e. The van der Waals surface area contributed by atoms with Gasteiger partial charge in [0.25, 0.3) is 0 Å². The van der Waals surface area contributed by atoms with Crippen LogP contribution in [-0.2, 0) is 17.7 Å². The molecule has 1 fully saturated rings. The van der Waals surface area contributed by atoms with E-state index in [4.69, 9.17) is 4.74 Å². The van der Waals surface area contributed by atoms with Crippen molar-refractivity contribution in [3.05, 3.63) is 18.2 Å². The minimum atomic E-state index is -0.225. The number of nitrogens with one attached hydrogen (secondary N) is 2. The largest absolute Gasteiger partial charge is 0.379 e. The van der Waals surface area contributed by atoms with Crippen molar-refractivity contribution >= 4 is 6.03 Å². The number of carbonyl (C=O) groups excluding carboxylic acids is 1. The number of ether oxygens (including phenoxy) is 1.